The summed E-state index contributed by atoms with van der Waals surface area (Å²) in [5.74, 6) is -0.0362. The first-order valence-electron chi connectivity index (χ1n) is 7.22. The van der Waals surface area contributed by atoms with Crippen LogP contribution in [0, 0.1) is 0 Å². The maximum Gasteiger partial charge on any atom is 0.182 e. The van der Waals surface area contributed by atoms with Crippen LogP contribution in [0.15, 0.2) is 77.7 Å². The highest BCUT2D eigenvalue weighted by Gasteiger charge is 2.15. The van der Waals surface area contributed by atoms with Crippen molar-refractivity contribution in [1.82, 2.24) is 5.32 Å². The Morgan fingerprint density at radius 1 is 1.05 bits per heavy atom. The molecule has 0 bridgehead atoms. The van der Waals surface area contributed by atoms with E-state index in [4.69, 9.17) is 0 Å². The molecule has 0 saturated carbocycles. The minimum absolute atomic E-state index is 0.0362. The number of sulfone groups is 1. The van der Waals surface area contributed by atoms with Gasteiger partial charge in [0.15, 0.2) is 9.84 Å². The van der Waals surface area contributed by atoms with E-state index in [0.29, 0.717) is 17.0 Å². The smallest absolute Gasteiger partial charge is 0.182 e. The van der Waals surface area contributed by atoms with E-state index < -0.39 is 9.84 Å². The molecule has 116 valence electrons. The van der Waals surface area contributed by atoms with Crippen molar-refractivity contribution in [2.24, 2.45) is 0 Å². The molecule has 0 unspecified atom stereocenters. The van der Waals surface area contributed by atoms with E-state index in [1.807, 2.05) is 37.3 Å². The van der Waals surface area contributed by atoms with E-state index in [9.17, 15) is 8.42 Å². The average molecular weight is 315 g/mol. The Bertz CT molecular complexity index is 709. The molecular weight excluding hydrogens is 294 g/mol. The minimum Gasteiger partial charge on any atom is -0.306 e. The topological polar surface area (TPSA) is 46.2 Å². The van der Waals surface area contributed by atoms with E-state index in [2.05, 4.69) is 11.9 Å². The Kier molecular flexibility index (Phi) is 5.52. The minimum atomic E-state index is -3.31. The molecule has 0 radical (unpaired) electrons. The second-order valence-electron chi connectivity index (χ2n) is 5.34. The third-order valence-corrected chi connectivity index (χ3v) is 5.23. The zero-order chi connectivity index (χ0) is 16.0. The molecule has 0 fully saturated rings. The van der Waals surface area contributed by atoms with Crippen molar-refractivity contribution in [2.45, 2.75) is 17.9 Å². The van der Waals surface area contributed by atoms with Gasteiger partial charge in [0.1, 0.15) is 0 Å². The average Bonchev–Trinajstić information content (AvgIpc) is 2.54. The number of hydrogen-bond donors (Lipinski definition) is 1. The van der Waals surface area contributed by atoms with E-state index in [0.717, 1.165) is 0 Å². The highest BCUT2D eigenvalue weighted by molar-refractivity contribution is 7.91. The predicted molar refractivity (Wildman–Crippen MR) is 90.5 cm³/mol. The lowest BCUT2D eigenvalue weighted by molar-refractivity contribution is 0.590. The number of nitrogens with one attached hydrogen (secondary N) is 1. The third kappa shape index (κ3) is 4.55. The monoisotopic (exact) mass is 315 g/mol. The molecule has 0 aromatic heterocycles. The highest BCUT2D eigenvalue weighted by atomic mass is 32.2. The molecule has 2 aromatic carbocycles. The Labute approximate surface area is 132 Å². The third-order valence-electron chi connectivity index (χ3n) is 3.45. The second kappa shape index (κ2) is 7.38. The van der Waals surface area contributed by atoms with Gasteiger partial charge < -0.3 is 5.32 Å². The van der Waals surface area contributed by atoms with E-state index in [1.54, 1.807) is 30.3 Å². The van der Waals surface area contributed by atoms with Crippen LogP contribution in [0.2, 0.25) is 0 Å². The van der Waals surface area contributed by atoms with Gasteiger partial charge in [0, 0.05) is 12.6 Å². The lowest BCUT2D eigenvalue weighted by Gasteiger charge is -2.15. The van der Waals surface area contributed by atoms with Crippen molar-refractivity contribution < 1.29 is 8.42 Å². The van der Waals surface area contributed by atoms with E-state index in [1.165, 1.54) is 5.56 Å². The molecule has 0 heterocycles. The maximum atomic E-state index is 12.3. The normalized spacial score (nSPS) is 12.8. The molecule has 0 saturated heterocycles. The fraction of sp³-hybridized carbons (Fsp3) is 0.222. The molecule has 0 spiro atoms. The lowest BCUT2D eigenvalue weighted by Crippen LogP contribution is -2.23. The van der Waals surface area contributed by atoms with E-state index >= 15 is 0 Å². The standard InChI is InChI=1S/C18H21NO2S/c1-15(13-19-16(2)17-9-5-3-6-10-17)14-22(20,21)18-11-7-4-8-12-18/h3-12,16,19H,1,13-14H2,2H3/t16-/m0/s1. The molecule has 22 heavy (non-hydrogen) atoms. The second-order valence-corrected chi connectivity index (χ2v) is 7.32. The number of rotatable bonds is 7. The summed E-state index contributed by atoms with van der Waals surface area (Å²) in [4.78, 5) is 0.340. The lowest BCUT2D eigenvalue weighted by atomic mass is 10.1. The van der Waals surface area contributed by atoms with Crippen LogP contribution in [0.1, 0.15) is 18.5 Å². The fourth-order valence-electron chi connectivity index (χ4n) is 2.19. The van der Waals surface area contributed by atoms with Crippen molar-refractivity contribution in [1.29, 1.82) is 0 Å². The SMILES string of the molecule is C=C(CN[C@@H](C)c1ccccc1)CS(=O)(=O)c1ccccc1. The van der Waals surface area contributed by atoms with Crippen LogP contribution in [-0.4, -0.2) is 20.7 Å². The fourth-order valence-corrected chi connectivity index (χ4v) is 3.57. The van der Waals surface area contributed by atoms with Gasteiger partial charge in [-0.2, -0.15) is 0 Å². The largest absolute Gasteiger partial charge is 0.306 e. The van der Waals surface area contributed by atoms with Crippen LogP contribution in [0.4, 0.5) is 0 Å². The van der Waals surface area contributed by atoms with Crippen molar-refractivity contribution >= 4 is 9.84 Å². The molecule has 0 aliphatic rings. The summed E-state index contributed by atoms with van der Waals surface area (Å²) in [5, 5.41) is 3.31. The Balaban J connectivity index is 1.91. The zero-order valence-corrected chi connectivity index (χ0v) is 13.5. The molecule has 0 aliphatic heterocycles. The van der Waals surface area contributed by atoms with Crippen LogP contribution in [0.25, 0.3) is 0 Å². The molecule has 0 amide bonds. The van der Waals surface area contributed by atoms with Gasteiger partial charge in [-0.05, 0) is 30.2 Å². The molecule has 1 N–H and O–H groups in total. The first kappa shape index (κ1) is 16.5. The van der Waals surface area contributed by atoms with Crippen LogP contribution < -0.4 is 5.32 Å². The molecule has 0 aliphatic carbocycles. The van der Waals surface area contributed by atoms with Gasteiger partial charge >= 0.3 is 0 Å². The molecule has 2 aromatic rings. The molecule has 3 nitrogen and oxygen atoms in total. The van der Waals surface area contributed by atoms with Crippen LogP contribution in [0.5, 0.6) is 0 Å². The Morgan fingerprint density at radius 3 is 2.18 bits per heavy atom. The van der Waals surface area contributed by atoms with Crippen molar-refractivity contribution in [3.05, 3.63) is 78.4 Å². The Hall–Kier alpha value is -1.91. The summed E-state index contributed by atoms with van der Waals surface area (Å²) in [6.07, 6.45) is 0. The quantitative estimate of drug-likeness (QED) is 0.797. The number of benzene rings is 2. The zero-order valence-electron chi connectivity index (χ0n) is 12.7. The maximum absolute atomic E-state index is 12.3. The van der Waals surface area contributed by atoms with E-state index in [-0.39, 0.29) is 11.8 Å². The summed E-state index contributed by atoms with van der Waals surface area (Å²) in [6.45, 7) is 6.41. The van der Waals surface area contributed by atoms with Gasteiger partial charge in [-0.25, -0.2) is 8.42 Å². The predicted octanol–water partition coefficient (Wildman–Crippen LogP) is 3.37. The van der Waals surface area contributed by atoms with Crippen molar-refractivity contribution in [3.63, 3.8) is 0 Å². The first-order valence-corrected chi connectivity index (χ1v) is 8.87. The number of hydrogen-bond acceptors (Lipinski definition) is 3. The first-order chi connectivity index (χ1) is 10.5. The van der Waals surface area contributed by atoms with Crippen molar-refractivity contribution in [2.75, 3.05) is 12.3 Å². The van der Waals surface area contributed by atoms with Crippen LogP contribution >= 0.6 is 0 Å². The highest BCUT2D eigenvalue weighted by Crippen LogP contribution is 2.14. The van der Waals surface area contributed by atoms with Gasteiger partial charge in [-0.1, -0.05) is 55.1 Å². The molecular formula is C18H21NO2S. The Morgan fingerprint density at radius 2 is 1.59 bits per heavy atom. The summed E-state index contributed by atoms with van der Waals surface area (Å²) in [6, 6.07) is 18.7. The van der Waals surface area contributed by atoms with Crippen molar-refractivity contribution in [3.8, 4) is 0 Å². The van der Waals surface area contributed by atoms with Gasteiger partial charge in [-0.15, -0.1) is 0 Å². The summed E-state index contributed by atoms with van der Waals surface area (Å²) < 4.78 is 24.5. The van der Waals surface area contributed by atoms with Gasteiger partial charge in [0.25, 0.3) is 0 Å². The molecule has 1 atom stereocenters. The van der Waals surface area contributed by atoms with Gasteiger partial charge in [-0.3, -0.25) is 0 Å². The van der Waals surface area contributed by atoms with Gasteiger partial charge in [0.05, 0.1) is 10.6 Å². The summed E-state index contributed by atoms with van der Waals surface area (Å²) >= 11 is 0. The molecule has 2 rings (SSSR count). The van der Waals surface area contributed by atoms with Crippen LogP contribution in [-0.2, 0) is 9.84 Å². The van der Waals surface area contributed by atoms with Gasteiger partial charge in [0.2, 0.25) is 0 Å². The summed E-state index contributed by atoms with van der Waals surface area (Å²) in [5.41, 5.74) is 1.83. The van der Waals surface area contributed by atoms with Crippen LogP contribution in [0.3, 0.4) is 0 Å². The molecule has 4 heteroatoms. The summed E-state index contributed by atoms with van der Waals surface area (Å²) in [7, 11) is -3.31.